The maximum absolute atomic E-state index is 6.03. The van der Waals surface area contributed by atoms with Gasteiger partial charge < -0.3 is 9.72 Å². The number of hydrogen-bond donors (Lipinski definition) is 2. The van der Waals surface area contributed by atoms with Gasteiger partial charge in [-0.25, -0.2) is 9.97 Å². The highest BCUT2D eigenvalue weighted by Gasteiger charge is 2.17. The van der Waals surface area contributed by atoms with Gasteiger partial charge >= 0.3 is 0 Å². The Morgan fingerprint density at radius 1 is 0.757 bits per heavy atom. The Morgan fingerprint density at radius 3 is 2.57 bits per heavy atom. The highest BCUT2D eigenvalue weighted by Crippen LogP contribution is 2.34. The first-order chi connectivity index (χ1) is 18.3. The molecule has 0 aliphatic rings. The average molecular weight is 500 g/mol. The Morgan fingerprint density at radius 2 is 1.68 bits per heavy atom. The van der Waals surface area contributed by atoms with Crippen LogP contribution in [0.25, 0.3) is 55.3 Å². The lowest BCUT2D eigenvalue weighted by Crippen LogP contribution is -1.95. The Labute approximate surface area is 216 Å². The molecule has 4 aromatic heterocycles. The molecule has 3 aromatic carbocycles. The van der Waals surface area contributed by atoms with Gasteiger partial charge in [0.15, 0.2) is 11.5 Å². The topological polar surface area (TPSA) is 79.5 Å². The molecule has 0 amide bonds. The largest absolute Gasteiger partial charge is 0.489 e. The molecule has 7 heteroatoms. The van der Waals surface area contributed by atoms with Crippen LogP contribution in [-0.2, 0) is 6.61 Å². The quantitative estimate of drug-likeness (QED) is 0.249. The molecule has 0 unspecified atom stereocenters. The van der Waals surface area contributed by atoms with E-state index in [-0.39, 0.29) is 0 Å². The molecule has 4 heterocycles. The molecule has 0 saturated carbocycles. The maximum atomic E-state index is 6.03. The lowest BCUT2D eigenvalue weighted by molar-refractivity contribution is 0.306. The standard InChI is InChI=1S/C30H21N5OS/c1-2-7-19(8-3-1)18-36-21-10-4-9-20(17-21)23-14-15-25-28(31-23)29(35-34-25)30-32-24-12-5-11-22(27(24)33-30)26-13-6-16-37-26/h1-17H,18H2,(H,32,33)(H,34,35). The van der Waals surface area contributed by atoms with Gasteiger partial charge in [-0.05, 0) is 47.3 Å². The molecule has 0 atom stereocenters. The van der Waals surface area contributed by atoms with Crippen LogP contribution >= 0.6 is 11.3 Å². The molecule has 6 nitrogen and oxygen atoms in total. The number of aromatic amines is 2. The summed E-state index contributed by atoms with van der Waals surface area (Å²) in [6.45, 7) is 0.516. The number of nitrogens with one attached hydrogen (secondary N) is 2. The van der Waals surface area contributed by atoms with E-state index in [1.54, 1.807) is 11.3 Å². The third-order valence-electron chi connectivity index (χ3n) is 6.31. The van der Waals surface area contributed by atoms with Gasteiger partial charge in [-0.15, -0.1) is 11.3 Å². The van der Waals surface area contributed by atoms with Crippen molar-refractivity contribution < 1.29 is 4.74 Å². The van der Waals surface area contributed by atoms with Crippen LogP contribution < -0.4 is 4.74 Å². The number of aromatic nitrogens is 5. The van der Waals surface area contributed by atoms with Crippen molar-refractivity contribution in [3.05, 3.63) is 108 Å². The monoisotopic (exact) mass is 499 g/mol. The number of fused-ring (bicyclic) bond motifs is 2. The number of nitrogens with zero attached hydrogens (tertiary/aromatic N) is 3. The van der Waals surface area contributed by atoms with Gasteiger partial charge in [0.05, 0.1) is 22.2 Å². The molecule has 0 radical (unpaired) electrons. The van der Waals surface area contributed by atoms with Crippen LogP contribution in [0, 0.1) is 0 Å². The molecular formula is C30H21N5OS. The molecule has 0 aliphatic heterocycles. The summed E-state index contributed by atoms with van der Waals surface area (Å²) >= 11 is 1.70. The minimum absolute atomic E-state index is 0.516. The predicted octanol–water partition coefficient (Wildman–Crippen LogP) is 7.48. The van der Waals surface area contributed by atoms with Gasteiger partial charge in [-0.1, -0.05) is 60.7 Å². The normalized spacial score (nSPS) is 11.4. The van der Waals surface area contributed by atoms with E-state index in [0.717, 1.165) is 50.2 Å². The van der Waals surface area contributed by atoms with Crippen LogP contribution in [0.1, 0.15) is 5.56 Å². The first-order valence-corrected chi connectivity index (χ1v) is 12.8. The molecule has 7 rings (SSSR count). The van der Waals surface area contributed by atoms with Gasteiger partial charge in [0.25, 0.3) is 0 Å². The number of thiophene rings is 1. The van der Waals surface area contributed by atoms with Crippen molar-refractivity contribution in [2.45, 2.75) is 6.61 Å². The van der Waals surface area contributed by atoms with Crippen LogP contribution in [0.5, 0.6) is 5.75 Å². The van der Waals surface area contributed by atoms with E-state index in [9.17, 15) is 0 Å². The van der Waals surface area contributed by atoms with Crippen molar-refractivity contribution in [1.82, 2.24) is 25.1 Å². The summed E-state index contributed by atoms with van der Waals surface area (Å²) in [5, 5.41) is 9.75. The first-order valence-electron chi connectivity index (χ1n) is 12.0. The molecule has 0 saturated heterocycles. The Hall–Kier alpha value is -4.75. The van der Waals surface area contributed by atoms with Gasteiger partial charge in [0, 0.05) is 16.0 Å². The molecule has 0 aliphatic carbocycles. The first kappa shape index (κ1) is 21.5. The van der Waals surface area contributed by atoms with Gasteiger partial charge in [0.1, 0.15) is 17.9 Å². The van der Waals surface area contributed by atoms with Crippen LogP contribution in [0.2, 0.25) is 0 Å². The third kappa shape index (κ3) is 4.05. The summed E-state index contributed by atoms with van der Waals surface area (Å²) in [5.41, 5.74) is 8.27. The number of H-pyrrole nitrogens is 2. The summed E-state index contributed by atoms with van der Waals surface area (Å²) in [4.78, 5) is 14.5. The van der Waals surface area contributed by atoms with E-state index in [2.05, 4.69) is 50.9 Å². The van der Waals surface area contributed by atoms with Crippen molar-refractivity contribution in [3.63, 3.8) is 0 Å². The second-order valence-corrected chi connectivity index (χ2v) is 9.68. The lowest BCUT2D eigenvalue weighted by atomic mass is 10.1. The van der Waals surface area contributed by atoms with Crippen LogP contribution in [-0.4, -0.2) is 25.1 Å². The number of ether oxygens (including phenoxy) is 1. The Balaban J connectivity index is 1.24. The fraction of sp³-hybridized carbons (Fsp3) is 0.0333. The number of imidazole rings is 1. The van der Waals surface area contributed by atoms with Crippen LogP contribution in [0.15, 0.2) is 102 Å². The van der Waals surface area contributed by atoms with Gasteiger partial charge in [0.2, 0.25) is 0 Å². The van der Waals surface area contributed by atoms with Crippen LogP contribution in [0.4, 0.5) is 0 Å². The average Bonchev–Trinajstić information content (AvgIpc) is 3.71. The molecule has 0 fully saturated rings. The fourth-order valence-corrected chi connectivity index (χ4v) is 5.24. The summed E-state index contributed by atoms with van der Waals surface area (Å²) in [5.74, 6) is 1.49. The molecule has 7 aromatic rings. The van der Waals surface area contributed by atoms with E-state index in [1.807, 2.05) is 66.7 Å². The number of pyridine rings is 1. The predicted molar refractivity (Wildman–Crippen MR) is 148 cm³/mol. The molecule has 178 valence electrons. The van der Waals surface area contributed by atoms with Crippen molar-refractivity contribution in [2.24, 2.45) is 0 Å². The molecule has 0 spiro atoms. The zero-order chi connectivity index (χ0) is 24.6. The minimum Gasteiger partial charge on any atom is -0.489 e. The molecular weight excluding hydrogens is 478 g/mol. The summed E-state index contributed by atoms with van der Waals surface area (Å²) in [6.07, 6.45) is 0. The third-order valence-corrected chi connectivity index (χ3v) is 7.21. The summed E-state index contributed by atoms with van der Waals surface area (Å²) < 4.78 is 6.03. The smallest absolute Gasteiger partial charge is 0.161 e. The van der Waals surface area contributed by atoms with Crippen LogP contribution in [0.3, 0.4) is 0 Å². The van der Waals surface area contributed by atoms with E-state index in [4.69, 9.17) is 14.7 Å². The SMILES string of the molecule is c1ccc(COc2cccc(-c3ccc4[nH]nc(-c5nc6c(-c7cccs7)cccc6[nH]5)c4n3)c2)cc1. The van der Waals surface area contributed by atoms with Crippen molar-refractivity contribution in [2.75, 3.05) is 0 Å². The summed E-state index contributed by atoms with van der Waals surface area (Å²) in [7, 11) is 0. The Bertz CT molecular complexity index is 1840. The van der Waals surface area contributed by atoms with Crippen molar-refractivity contribution in [3.8, 4) is 39.0 Å². The van der Waals surface area contributed by atoms with E-state index >= 15 is 0 Å². The minimum atomic E-state index is 0.516. The molecule has 2 N–H and O–H groups in total. The second kappa shape index (κ2) is 9.04. The highest BCUT2D eigenvalue weighted by molar-refractivity contribution is 7.13. The van der Waals surface area contributed by atoms with Gasteiger partial charge in [-0.2, -0.15) is 5.10 Å². The molecule has 0 bridgehead atoms. The highest BCUT2D eigenvalue weighted by atomic mass is 32.1. The lowest BCUT2D eigenvalue weighted by Gasteiger charge is -2.08. The molecule has 37 heavy (non-hydrogen) atoms. The van der Waals surface area contributed by atoms with Gasteiger partial charge in [-0.3, -0.25) is 5.10 Å². The van der Waals surface area contributed by atoms with E-state index < -0.39 is 0 Å². The van der Waals surface area contributed by atoms with E-state index in [1.165, 1.54) is 4.88 Å². The zero-order valence-electron chi connectivity index (χ0n) is 19.7. The van der Waals surface area contributed by atoms with Crippen molar-refractivity contribution >= 4 is 33.4 Å². The van der Waals surface area contributed by atoms with E-state index in [0.29, 0.717) is 18.1 Å². The Kier molecular flexibility index (Phi) is 5.26. The maximum Gasteiger partial charge on any atom is 0.161 e. The summed E-state index contributed by atoms with van der Waals surface area (Å²) in [6, 6.07) is 32.5. The van der Waals surface area contributed by atoms with Crippen molar-refractivity contribution in [1.29, 1.82) is 0 Å². The zero-order valence-corrected chi connectivity index (χ0v) is 20.5. The number of rotatable bonds is 6. The number of para-hydroxylation sites is 1. The second-order valence-electron chi connectivity index (χ2n) is 8.73. The number of benzene rings is 3. The number of hydrogen-bond acceptors (Lipinski definition) is 5. The fourth-order valence-electron chi connectivity index (χ4n) is 4.49.